The lowest BCUT2D eigenvalue weighted by Crippen LogP contribution is -2.18. The molecular weight excluding hydrogens is 260 g/mol. The van der Waals surface area contributed by atoms with Crippen LogP contribution in [0.5, 0.6) is 0 Å². The molecule has 1 N–H and O–H groups in total. The molecule has 0 aliphatic carbocycles. The van der Waals surface area contributed by atoms with E-state index >= 15 is 0 Å². The molecule has 1 aromatic heterocycles. The zero-order valence-electron chi connectivity index (χ0n) is 11.8. The maximum atomic E-state index is 11.0. The maximum Gasteiger partial charge on any atom is 0.306 e. The first-order valence-electron chi connectivity index (χ1n) is 6.47. The van der Waals surface area contributed by atoms with Gasteiger partial charge in [-0.05, 0) is 24.1 Å². The molecule has 5 heteroatoms. The number of nitrogens with zero attached hydrogens (tertiary/aromatic N) is 1. The third kappa shape index (κ3) is 7.18. The van der Waals surface area contributed by atoms with E-state index in [9.17, 15) is 4.79 Å². The van der Waals surface area contributed by atoms with Gasteiger partial charge in [-0.15, -0.1) is 11.8 Å². The first-order valence-corrected chi connectivity index (χ1v) is 7.45. The first kappa shape index (κ1) is 16.0. The van der Waals surface area contributed by atoms with E-state index in [2.05, 4.69) is 35.0 Å². The van der Waals surface area contributed by atoms with E-state index in [1.165, 1.54) is 12.7 Å². The lowest BCUT2D eigenvalue weighted by atomic mass is 10.2. The second-order valence-electron chi connectivity index (χ2n) is 4.70. The standard InChI is InChI=1S/C14H22N2O2S/c1-11(2)8-15-9-12-4-5-13(16-10-12)19-7-6-14(17)18-3/h4-5,10-11,15H,6-9H2,1-3H3. The SMILES string of the molecule is COC(=O)CCSc1ccc(CNCC(C)C)cn1. The molecule has 0 radical (unpaired) electrons. The van der Waals surface area contributed by atoms with Crippen molar-refractivity contribution in [3.63, 3.8) is 0 Å². The van der Waals surface area contributed by atoms with E-state index in [0.29, 0.717) is 18.1 Å². The summed E-state index contributed by atoms with van der Waals surface area (Å²) in [5.74, 6) is 1.17. The van der Waals surface area contributed by atoms with Crippen LogP contribution in [-0.4, -0.2) is 30.4 Å². The van der Waals surface area contributed by atoms with E-state index in [1.54, 1.807) is 11.8 Å². The van der Waals surface area contributed by atoms with Crippen LogP contribution >= 0.6 is 11.8 Å². The van der Waals surface area contributed by atoms with E-state index in [1.807, 2.05) is 12.3 Å². The van der Waals surface area contributed by atoms with Crippen LogP contribution in [0.4, 0.5) is 0 Å². The predicted octanol–water partition coefficient (Wildman–Crippen LogP) is 2.48. The maximum absolute atomic E-state index is 11.0. The van der Waals surface area contributed by atoms with Crippen molar-refractivity contribution in [1.29, 1.82) is 0 Å². The molecule has 0 spiro atoms. The smallest absolute Gasteiger partial charge is 0.306 e. The van der Waals surface area contributed by atoms with Crippen molar-refractivity contribution in [3.8, 4) is 0 Å². The molecule has 0 aliphatic heterocycles. The summed E-state index contributed by atoms with van der Waals surface area (Å²) in [5.41, 5.74) is 1.18. The molecule has 19 heavy (non-hydrogen) atoms. The number of rotatable bonds is 8. The van der Waals surface area contributed by atoms with Gasteiger partial charge in [0.25, 0.3) is 0 Å². The van der Waals surface area contributed by atoms with Crippen LogP contribution < -0.4 is 5.32 Å². The Balaban J connectivity index is 2.29. The van der Waals surface area contributed by atoms with Crippen LogP contribution in [0, 0.1) is 5.92 Å². The van der Waals surface area contributed by atoms with Crippen LogP contribution in [0.1, 0.15) is 25.8 Å². The topological polar surface area (TPSA) is 51.2 Å². The Morgan fingerprint density at radius 3 is 2.84 bits per heavy atom. The number of carbonyl (C=O) groups is 1. The minimum absolute atomic E-state index is 0.179. The first-order chi connectivity index (χ1) is 9.11. The van der Waals surface area contributed by atoms with Gasteiger partial charge in [-0.2, -0.15) is 0 Å². The van der Waals surface area contributed by atoms with E-state index in [4.69, 9.17) is 0 Å². The minimum atomic E-state index is -0.179. The molecule has 0 aliphatic rings. The highest BCUT2D eigenvalue weighted by molar-refractivity contribution is 7.99. The van der Waals surface area contributed by atoms with Gasteiger partial charge in [-0.25, -0.2) is 4.98 Å². The third-order valence-corrected chi connectivity index (χ3v) is 3.41. The third-order valence-electron chi connectivity index (χ3n) is 2.46. The largest absolute Gasteiger partial charge is 0.469 e. The summed E-state index contributed by atoms with van der Waals surface area (Å²) in [6.07, 6.45) is 2.30. The fraction of sp³-hybridized carbons (Fsp3) is 0.571. The molecular formula is C14H22N2O2S. The molecule has 0 fully saturated rings. The summed E-state index contributed by atoms with van der Waals surface area (Å²) in [4.78, 5) is 15.3. The van der Waals surface area contributed by atoms with Crippen molar-refractivity contribution < 1.29 is 9.53 Å². The average molecular weight is 282 g/mol. The Kier molecular flexibility index (Phi) is 7.52. The number of esters is 1. The average Bonchev–Trinajstić information content (AvgIpc) is 2.40. The lowest BCUT2D eigenvalue weighted by molar-refractivity contribution is -0.140. The highest BCUT2D eigenvalue weighted by atomic mass is 32.2. The molecule has 0 atom stereocenters. The van der Waals surface area contributed by atoms with Crippen molar-refractivity contribution >= 4 is 17.7 Å². The monoisotopic (exact) mass is 282 g/mol. The molecule has 1 rings (SSSR count). The van der Waals surface area contributed by atoms with Gasteiger partial charge in [-0.1, -0.05) is 19.9 Å². The van der Waals surface area contributed by atoms with Gasteiger partial charge < -0.3 is 10.1 Å². The molecule has 1 heterocycles. The molecule has 0 aromatic carbocycles. The van der Waals surface area contributed by atoms with Gasteiger partial charge >= 0.3 is 5.97 Å². The van der Waals surface area contributed by atoms with Crippen molar-refractivity contribution in [2.75, 3.05) is 19.4 Å². The number of aromatic nitrogens is 1. The molecule has 1 aromatic rings. The Morgan fingerprint density at radius 1 is 1.47 bits per heavy atom. The summed E-state index contributed by atoms with van der Waals surface area (Å²) in [6, 6.07) is 4.06. The molecule has 0 amide bonds. The van der Waals surface area contributed by atoms with Crippen molar-refractivity contribution in [2.45, 2.75) is 31.8 Å². The Morgan fingerprint density at radius 2 is 2.26 bits per heavy atom. The van der Waals surface area contributed by atoms with Crippen LogP contribution in [0.3, 0.4) is 0 Å². The number of carbonyl (C=O) groups excluding carboxylic acids is 1. The van der Waals surface area contributed by atoms with Gasteiger partial charge in [-0.3, -0.25) is 4.79 Å². The summed E-state index contributed by atoms with van der Waals surface area (Å²) in [6.45, 7) is 6.23. The van der Waals surface area contributed by atoms with Crippen molar-refractivity contribution in [3.05, 3.63) is 23.9 Å². The quantitative estimate of drug-likeness (QED) is 0.586. The number of hydrogen-bond donors (Lipinski definition) is 1. The van der Waals surface area contributed by atoms with E-state index in [-0.39, 0.29) is 5.97 Å². The Hall–Kier alpha value is -1.07. The number of methoxy groups -OCH3 is 1. The van der Waals surface area contributed by atoms with Crippen LogP contribution in [0.15, 0.2) is 23.4 Å². The zero-order valence-corrected chi connectivity index (χ0v) is 12.6. The highest BCUT2D eigenvalue weighted by Gasteiger charge is 2.02. The van der Waals surface area contributed by atoms with Crippen LogP contribution in [-0.2, 0) is 16.1 Å². The van der Waals surface area contributed by atoms with Crippen LogP contribution in [0.25, 0.3) is 0 Å². The molecule has 106 valence electrons. The lowest BCUT2D eigenvalue weighted by Gasteiger charge is -2.07. The summed E-state index contributed by atoms with van der Waals surface area (Å²) < 4.78 is 4.59. The van der Waals surface area contributed by atoms with Crippen LogP contribution in [0.2, 0.25) is 0 Å². The predicted molar refractivity (Wildman–Crippen MR) is 78.1 cm³/mol. The fourth-order valence-electron chi connectivity index (χ4n) is 1.45. The van der Waals surface area contributed by atoms with Gasteiger partial charge in [0.15, 0.2) is 0 Å². The molecule has 4 nitrogen and oxygen atoms in total. The number of hydrogen-bond acceptors (Lipinski definition) is 5. The fourth-order valence-corrected chi connectivity index (χ4v) is 2.22. The van der Waals surface area contributed by atoms with Crippen molar-refractivity contribution in [2.24, 2.45) is 5.92 Å². The normalized spacial score (nSPS) is 10.7. The Bertz CT molecular complexity index is 380. The highest BCUT2D eigenvalue weighted by Crippen LogP contribution is 2.16. The summed E-state index contributed by atoms with van der Waals surface area (Å²) in [5, 5.41) is 4.32. The molecule has 0 bridgehead atoms. The molecule has 0 unspecified atom stereocenters. The van der Waals surface area contributed by atoms with Gasteiger partial charge in [0.1, 0.15) is 0 Å². The Labute approximate surface area is 119 Å². The minimum Gasteiger partial charge on any atom is -0.469 e. The number of ether oxygens (including phenoxy) is 1. The summed E-state index contributed by atoms with van der Waals surface area (Å²) >= 11 is 1.57. The van der Waals surface area contributed by atoms with Gasteiger partial charge in [0, 0.05) is 18.5 Å². The van der Waals surface area contributed by atoms with Crippen molar-refractivity contribution in [1.82, 2.24) is 10.3 Å². The van der Waals surface area contributed by atoms with E-state index < -0.39 is 0 Å². The summed E-state index contributed by atoms with van der Waals surface area (Å²) in [7, 11) is 1.41. The molecule has 0 saturated carbocycles. The van der Waals surface area contributed by atoms with Gasteiger partial charge in [0.2, 0.25) is 0 Å². The zero-order chi connectivity index (χ0) is 14.1. The van der Waals surface area contributed by atoms with Gasteiger partial charge in [0.05, 0.1) is 18.6 Å². The number of nitrogens with one attached hydrogen (secondary N) is 1. The number of pyridine rings is 1. The number of thioether (sulfide) groups is 1. The van der Waals surface area contributed by atoms with E-state index in [0.717, 1.165) is 18.1 Å². The molecule has 0 saturated heterocycles. The second kappa shape index (κ2) is 8.93. The second-order valence-corrected chi connectivity index (χ2v) is 5.82.